The first kappa shape index (κ1) is 47.9. The first-order valence-corrected chi connectivity index (χ1v) is 21.9. The number of carbonyl (C=O) groups is 2. The predicted molar refractivity (Wildman–Crippen MR) is 213 cm³/mol. The van der Waals surface area contributed by atoms with Gasteiger partial charge in [-0.1, -0.05) is 194 Å². The van der Waals surface area contributed by atoms with Crippen LogP contribution in [0.15, 0.2) is 0 Å². The van der Waals surface area contributed by atoms with E-state index in [1.54, 1.807) is 6.92 Å². The van der Waals surface area contributed by atoms with Crippen LogP contribution in [0.25, 0.3) is 0 Å². The Bertz CT molecular complexity index is 662. The number of carbonyl (C=O) groups excluding carboxylic acids is 2. The summed E-state index contributed by atoms with van der Waals surface area (Å²) in [5.74, 6) is 0.138. The highest BCUT2D eigenvalue weighted by Crippen LogP contribution is 2.18. The van der Waals surface area contributed by atoms with Crippen molar-refractivity contribution < 1.29 is 14.7 Å². The smallest absolute Gasteiger partial charge is 0.219 e. The number of hydrogen-bond acceptors (Lipinski definition) is 4. The molecule has 0 bridgehead atoms. The topological polar surface area (TPSA) is 104 Å². The van der Waals surface area contributed by atoms with Gasteiger partial charge in [0, 0.05) is 31.5 Å². The summed E-state index contributed by atoms with van der Waals surface area (Å²) in [6.07, 6.45) is 40.9. The Hall–Kier alpha value is -1.14. The SMILES string of the molecule is CCCCCCCCCCCCCCCCCC(=O)NCCC(N)(CCNC(=O)CCCCCCCCCCCCCCCCC)C(C)O. The molecule has 0 aliphatic rings. The quantitative estimate of drug-likeness (QED) is 0.0481. The minimum atomic E-state index is -0.830. The number of hydrogen-bond donors (Lipinski definition) is 4. The van der Waals surface area contributed by atoms with Crippen molar-refractivity contribution in [2.24, 2.45) is 5.73 Å². The van der Waals surface area contributed by atoms with Crippen LogP contribution < -0.4 is 16.4 Å². The van der Waals surface area contributed by atoms with Crippen molar-refractivity contribution in [2.75, 3.05) is 13.1 Å². The zero-order valence-corrected chi connectivity index (χ0v) is 33.4. The van der Waals surface area contributed by atoms with E-state index in [9.17, 15) is 14.7 Å². The van der Waals surface area contributed by atoms with Crippen LogP contribution in [0.5, 0.6) is 0 Å². The number of amides is 2. The fourth-order valence-electron chi connectivity index (χ4n) is 6.90. The van der Waals surface area contributed by atoms with E-state index in [2.05, 4.69) is 24.5 Å². The van der Waals surface area contributed by atoms with Crippen LogP contribution in [0, 0.1) is 0 Å². The van der Waals surface area contributed by atoms with Crippen molar-refractivity contribution in [3.05, 3.63) is 0 Å². The number of rotatable bonds is 39. The lowest BCUT2D eigenvalue weighted by atomic mass is 9.87. The third kappa shape index (κ3) is 33.7. The van der Waals surface area contributed by atoms with Crippen LogP contribution in [-0.4, -0.2) is 41.7 Å². The number of unbranched alkanes of at least 4 members (excludes halogenated alkanes) is 28. The lowest BCUT2D eigenvalue weighted by molar-refractivity contribution is -0.121. The normalized spacial score (nSPS) is 12.3. The maximum Gasteiger partial charge on any atom is 0.219 e. The fourth-order valence-corrected chi connectivity index (χ4v) is 6.90. The predicted octanol–water partition coefficient (Wildman–Crippen LogP) is 11.6. The van der Waals surface area contributed by atoms with Gasteiger partial charge >= 0.3 is 0 Å². The van der Waals surface area contributed by atoms with Gasteiger partial charge in [0.1, 0.15) is 0 Å². The van der Waals surface area contributed by atoms with Crippen LogP contribution in [0.1, 0.15) is 239 Å². The van der Waals surface area contributed by atoms with E-state index in [4.69, 9.17) is 5.73 Å². The van der Waals surface area contributed by atoms with E-state index in [1.807, 2.05) is 0 Å². The van der Waals surface area contributed by atoms with E-state index in [1.165, 1.54) is 167 Å². The molecule has 0 spiro atoms. The summed E-state index contributed by atoms with van der Waals surface area (Å²) >= 11 is 0. The second-order valence-corrected chi connectivity index (χ2v) is 15.5. The molecule has 0 saturated heterocycles. The molecule has 5 N–H and O–H groups in total. The average Bonchev–Trinajstić information content (AvgIpc) is 3.08. The maximum absolute atomic E-state index is 12.3. The molecule has 0 aromatic carbocycles. The molecule has 0 heterocycles. The Kier molecular flexibility index (Phi) is 35.8. The molecule has 0 fully saturated rings. The van der Waals surface area contributed by atoms with Gasteiger partial charge in [0.05, 0.1) is 6.10 Å². The van der Waals surface area contributed by atoms with E-state index in [0.717, 1.165) is 25.7 Å². The molecular weight excluding hydrogens is 606 g/mol. The number of nitrogens with one attached hydrogen (secondary N) is 2. The van der Waals surface area contributed by atoms with Crippen molar-refractivity contribution in [3.63, 3.8) is 0 Å². The zero-order valence-electron chi connectivity index (χ0n) is 33.4. The van der Waals surface area contributed by atoms with Crippen LogP contribution in [-0.2, 0) is 9.59 Å². The molecular formula is C43H87N3O3. The Morgan fingerprint density at radius 1 is 0.469 bits per heavy atom. The second-order valence-electron chi connectivity index (χ2n) is 15.5. The molecule has 6 heteroatoms. The summed E-state index contributed by atoms with van der Waals surface area (Å²) in [5.41, 5.74) is 5.70. The first-order chi connectivity index (χ1) is 23.9. The monoisotopic (exact) mass is 694 g/mol. The average molecular weight is 694 g/mol. The van der Waals surface area contributed by atoms with Crippen LogP contribution in [0.3, 0.4) is 0 Å². The molecule has 1 atom stereocenters. The lowest BCUT2D eigenvalue weighted by Gasteiger charge is -2.32. The highest BCUT2D eigenvalue weighted by Gasteiger charge is 2.30. The summed E-state index contributed by atoms with van der Waals surface area (Å²) in [5, 5.41) is 16.3. The summed E-state index contributed by atoms with van der Waals surface area (Å²) < 4.78 is 0. The van der Waals surface area contributed by atoms with Gasteiger partial charge in [-0.25, -0.2) is 0 Å². The van der Waals surface area contributed by atoms with Gasteiger partial charge in [-0.05, 0) is 32.6 Å². The summed E-state index contributed by atoms with van der Waals surface area (Å²) in [4.78, 5) is 24.7. The molecule has 0 aliphatic carbocycles. The summed E-state index contributed by atoms with van der Waals surface area (Å²) in [6, 6.07) is 0. The molecule has 2 amide bonds. The van der Waals surface area contributed by atoms with Gasteiger partial charge in [-0.2, -0.15) is 0 Å². The summed E-state index contributed by atoms with van der Waals surface area (Å²) in [6.45, 7) is 7.16. The van der Waals surface area contributed by atoms with Crippen molar-refractivity contribution in [2.45, 2.75) is 251 Å². The first-order valence-electron chi connectivity index (χ1n) is 21.9. The van der Waals surface area contributed by atoms with E-state index in [-0.39, 0.29) is 11.8 Å². The highest BCUT2D eigenvalue weighted by atomic mass is 16.3. The van der Waals surface area contributed by atoms with Crippen molar-refractivity contribution in [1.82, 2.24) is 10.6 Å². The Balaban J connectivity index is 3.69. The third-order valence-electron chi connectivity index (χ3n) is 10.7. The Morgan fingerprint density at radius 3 is 0.918 bits per heavy atom. The number of nitrogens with two attached hydrogens (primary N) is 1. The van der Waals surface area contributed by atoms with E-state index >= 15 is 0 Å². The summed E-state index contributed by atoms with van der Waals surface area (Å²) in [7, 11) is 0. The van der Waals surface area contributed by atoms with Crippen molar-refractivity contribution in [1.29, 1.82) is 0 Å². The fraction of sp³-hybridized carbons (Fsp3) is 0.953. The van der Waals surface area contributed by atoms with Gasteiger partial charge in [-0.15, -0.1) is 0 Å². The molecule has 0 aromatic heterocycles. The molecule has 0 rings (SSSR count). The molecule has 0 saturated carbocycles. The van der Waals surface area contributed by atoms with Gasteiger partial charge < -0.3 is 21.5 Å². The molecule has 49 heavy (non-hydrogen) atoms. The van der Waals surface area contributed by atoms with Crippen LogP contribution in [0.4, 0.5) is 0 Å². The molecule has 1 unspecified atom stereocenters. The zero-order chi connectivity index (χ0) is 36.1. The molecule has 292 valence electrons. The number of aliphatic hydroxyl groups excluding tert-OH is 1. The van der Waals surface area contributed by atoms with Crippen molar-refractivity contribution in [3.8, 4) is 0 Å². The van der Waals surface area contributed by atoms with E-state index < -0.39 is 11.6 Å². The number of aliphatic hydroxyl groups is 1. The molecule has 0 aliphatic heterocycles. The standard InChI is InChI=1S/C43H87N3O3/c1-4-6-8-10-12-14-16-18-20-22-24-26-28-30-32-34-41(48)45-38-36-43(44,40(3)47)37-39-46-42(49)35-33-31-29-27-25-23-21-19-17-15-13-11-9-7-5-2/h40,47H,4-39,44H2,1-3H3,(H,45,48)(H,46,49). The van der Waals surface area contributed by atoms with E-state index in [0.29, 0.717) is 38.8 Å². The molecule has 6 nitrogen and oxygen atoms in total. The van der Waals surface area contributed by atoms with Crippen LogP contribution in [0.2, 0.25) is 0 Å². The van der Waals surface area contributed by atoms with Gasteiger partial charge in [-0.3, -0.25) is 9.59 Å². The Morgan fingerprint density at radius 2 is 0.694 bits per heavy atom. The van der Waals surface area contributed by atoms with Crippen molar-refractivity contribution >= 4 is 11.8 Å². The van der Waals surface area contributed by atoms with Gasteiger partial charge in [0.2, 0.25) is 11.8 Å². The molecule has 0 aromatic rings. The molecule has 0 radical (unpaired) electrons. The van der Waals surface area contributed by atoms with Crippen LogP contribution >= 0.6 is 0 Å². The largest absolute Gasteiger partial charge is 0.392 e. The van der Waals surface area contributed by atoms with Gasteiger partial charge in [0.15, 0.2) is 0 Å². The minimum absolute atomic E-state index is 0.0689. The van der Waals surface area contributed by atoms with Gasteiger partial charge in [0.25, 0.3) is 0 Å². The Labute approximate surface area is 306 Å². The lowest BCUT2D eigenvalue weighted by Crippen LogP contribution is -2.53. The third-order valence-corrected chi connectivity index (χ3v) is 10.7. The highest BCUT2D eigenvalue weighted by molar-refractivity contribution is 5.76. The second kappa shape index (κ2) is 36.6. The maximum atomic E-state index is 12.3. The minimum Gasteiger partial charge on any atom is -0.392 e.